The number of nitrogens with zero attached hydrogens (tertiary/aromatic N) is 6. The van der Waals surface area contributed by atoms with E-state index in [0.29, 0.717) is 47.6 Å². The van der Waals surface area contributed by atoms with Crippen molar-refractivity contribution in [2.24, 2.45) is 0 Å². The van der Waals surface area contributed by atoms with Crippen molar-refractivity contribution in [1.29, 1.82) is 0 Å². The maximum absolute atomic E-state index is 15.5. The van der Waals surface area contributed by atoms with Crippen molar-refractivity contribution in [3.05, 3.63) is 77.0 Å². The standard InChI is InChI=1S/C34H42FN7O2S/c1-39(45(2,43)44)32-9-4-3-7-30(32)37-34-27-6-5-8-29(27)36-33(38-34)23-24-10-13-31(28(35)22-24)42-16-14-26(15-17-42)41-20-18-40(19-21-41)25-11-12-25/h3-7,9-10,13,22,25-26H,8,11-12,14-21,23H2,1-2H3,(H,36,37,38). The fraction of sp³-hybridized carbons (Fsp3) is 0.471. The number of rotatable bonds is 9. The molecule has 1 saturated carbocycles. The molecule has 2 aliphatic carbocycles. The molecule has 3 fully saturated rings. The third-order valence-electron chi connectivity index (χ3n) is 9.77. The Labute approximate surface area is 265 Å². The van der Waals surface area contributed by atoms with Crippen LogP contribution >= 0.6 is 0 Å². The Morgan fingerprint density at radius 1 is 0.933 bits per heavy atom. The van der Waals surface area contributed by atoms with Crippen molar-refractivity contribution in [2.45, 2.75) is 50.6 Å². The van der Waals surface area contributed by atoms with Crippen molar-refractivity contribution in [3.63, 3.8) is 0 Å². The van der Waals surface area contributed by atoms with Gasteiger partial charge in [0.15, 0.2) is 0 Å². The third-order valence-corrected chi connectivity index (χ3v) is 11.0. The van der Waals surface area contributed by atoms with Crippen LogP contribution in [0.15, 0.2) is 48.5 Å². The molecule has 3 heterocycles. The van der Waals surface area contributed by atoms with Gasteiger partial charge < -0.3 is 10.2 Å². The van der Waals surface area contributed by atoms with Crippen molar-refractivity contribution < 1.29 is 12.8 Å². The lowest BCUT2D eigenvalue weighted by Crippen LogP contribution is -2.53. The minimum absolute atomic E-state index is 0.206. The Kier molecular flexibility index (Phi) is 8.26. The maximum Gasteiger partial charge on any atom is 0.232 e. The van der Waals surface area contributed by atoms with E-state index in [4.69, 9.17) is 9.97 Å². The molecule has 0 unspecified atom stereocenters. The quantitative estimate of drug-likeness (QED) is 0.365. The van der Waals surface area contributed by atoms with E-state index in [1.807, 2.05) is 36.4 Å². The molecule has 1 N–H and O–H groups in total. The number of benzene rings is 2. The Morgan fingerprint density at radius 3 is 2.29 bits per heavy atom. The van der Waals surface area contributed by atoms with Crippen molar-refractivity contribution >= 4 is 39.0 Å². The van der Waals surface area contributed by atoms with Crippen LogP contribution in [0.2, 0.25) is 0 Å². The van der Waals surface area contributed by atoms with E-state index in [1.54, 1.807) is 18.2 Å². The summed E-state index contributed by atoms with van der Waals surface area (Å²) in [6.07, 6.45) is 11.2. The number of allylic oxidation sites excluding steroid dienone is 1. The average Bonchev–Trinajstić information content (AvgIpc) is 3.78. The molecule has 1 aromatic heterocycles. The fourth-order valence-corrected chi connectivity index (χ4v) is 7.52. The highest BCUT2D eigenvalue weighted by Crippen LogP contribution is 2.34. The Morgan fingerprint density at radius 2 is 1.62 bits per heavy atom. The molecule has 0 spiro atoms. The number of sulfonamides is 1. The summed E-state index contributed by atoms with van der Waals surface area (Å²) < 4.78 is 41.3. The molecule has 9 nitrogen and oxygen atoms in total. The molecule has 0 radical (unpaired) electrons. The molecule has 0 atom stereocenters. The molecule has 0 amide bonds. The normalized spacial score (nSPS) is 19.6. The van der Waals surface area contributed by atoms with Gasteiger partial charge in [-0.05, 0) is 55.5 Å². The molecule has 2 aromatic carbocycles. The first kappa shape index (κ1) is 30.1. The number of piperidine rings is 1. The maximum atomic E-state index is 15.5. The van der Waals surface area contributed by atoms with Crippen molar-refractivity contribution in [3.8, 4) is 0 Å². The summed E-state index contributed by atoms with van der Waals surface area (Å²) in [5, 5.41) is 3.36. The second kappa shape index (κ2) is 12.3. The van der Waals surface area contributed by atoms with E-state index in [1.165, 1.54) is 43.5 Å². The minimum atomic E-state index is -3.45. The SMILES string of the molecule is CN(c1ccccc1Nc1nc(Cc2ccc(N3CCC(N4CCN(C5CC5)CC4)CC3)c(F)c2)nc2c1C=CC2)S(C)(=O)=O. The zero-order chi connectivity index (χ0) is 31.1. The second-order valence-corrected chi connectivity index (χ2v) is 14.8. The van der Waals surface area contributed by atoms with Gasteiger partial charge in [-0.2, -0.15) is 0 Å². The zero-order valence-corrected chi connectivity index (χ0v) is 26.9. The number of hydrogen-bond donors (Lipinski definition) is 1. The molecular formula is C34H42FN7O2S. The number of aromatic nitrogens is 2. The van der Waals surface area contributed by atoms with E-state index < -0.39 is 10.0 Å². The van der Waals surface area contributed by atoms with Crippen LogP contribution in [0.4, 0.5) is 27.3 Å². The van der Waals surface area contributed by atoms with Gasteiger partial charge in [0.05, 0.1) is 29.0 Å². The van der Waals surface area contributed by atoms with Crippen LogP contribution in [-0.4, -0.2) is 92.8 Å². The second-order valence-electron chi connectivity index (χ2n) is 12.8. The number of para-hydroxylation sites is 2. The highest BCUT2D eigenvalue weighted by Gasteiger charge is 2.34. The van der Waals surface area contributed by atoms with Crippen LogP contribution in [0.1, 0.15) is 48.3 Å². The predicted octanol–water partition coefficient (Wildman–Crippen LogP) is 4.66. The Hall–Kier alpha value is -3.54. The summed E-state index contributed by atoms with van der Waals surface area (Å²) in [6, 6.07) is 14.2. The topological polar surface area (TPSA) is 84.9 Å². The van der Waals surface area contributed by atoms with Gasteiger partial charge in [0.25, 0.3) is 0 Å². The minimum Gasteiger partial charge on any atom is -0.369 e. The highest BCUT2D eigenvalue weighted by molar-refractivity contribution is 7.92. The smallest absolute Gasteiger partial charge is 0.232 e. The fourth-order valence-electron chi connectivity index (χ4n) is 7.00. The van der Waals surface area contributed by atoms with E-state index in [9.17, 15) is 8.42 Å². The molecule has 3 aromatic rings. The third kappa shape index (κ3) is 6.57. The summed E-state index contributed by atoms with van der Waals surface area (Å²) in [5.74, 6) is 0.985. The molecular weight excluding hydrogens is 589 g/mol. The first-order chi connectivity index (χ1) is 21.7. The molecule has 238 valence electrons. The van der Waals surface area contributed by atoms with Gasteiger partial charge in [0.2, 0.25) is 10.0 Å². The van der Waals surface area contributed by atoms with Gasteiger partial charge in [0.1, 0.15) is 17.5 Å². The van der Waals surface area contributed by atoms with Gasteiger partial charge in [-0.1, -0.05) is 30.4 Å². The van der Waals surface area contributed by atoms with Crippen LogP contribution in [0.3, 0.4) is 0 Å². The summed E-state index contributed by atoms with van der Waals surface area (Å²) in [6.45, 7) is 6.44. The summed E-state index contributed by atoms with van der Waals surface area (Å²) in [7, 11) is -1.92. The van der Waals surface area contributed by atoms with Crippen molar-refractivity contribution in [2.75, 3.05) is 67.1 Å². The van der Waals surface area contributed by atoms with E-state index in [-0.39, 0.29) is 5.82 Å². The monoisotopic (exact) mass is 631 g/mol. The number of anilines is 4. The van der Waals surface area contributed by atoms with Crippen LogP contribution < -0.4 is 14.5 Å². The van der Waals surface area contributed by atoms with E-state index >= 15 is 4.39 Å². The van der Waals surface area contributed by atoms with Crippen LogP contribution in [0.5, 0.6) is 0 Å². The lowest BCUT2D eigenvalue weighted by Gasteiger charge is -2.43. The van der Waals surface area contributed by atoms with Gasteiger partial charge >= 0.3 is 0 Å². The van der Waals surface area contributed by atoms with Crippen LogP contribution in [0.25, 0.3) is 6.08 Å². The molecule has 2 aliphatic heterocycles. The van der Waals surface area contributed by atoms with Gasteiger partial charge in [0, 0.05) is 76.8 Å². The molecule has 4 aliphatic rings. The van der Waals surface area contributed by atoms with E-state index in [2.05, 4.69) is 20.0 Å². The van der Waals surface area contributed by atoms with Crippen LogP contribution in [0, 0.1) is 5.82 Å². The molecule has 11 heteroatoms. The van der Waals surface area contributed by atoms with Crippen molar-refractivity contribution in [1.82, 2.24) is 19.8 Å². The summed E-state index contributed by atoms with van der Waals surface area (Å²) in [4.78, 5) is 17.1. The predicted molar refractivity (Wildman–Crippen MR) is 178 cm³/mol. The summed E-state index contributed by atoms with van der Waals surface area (Å²) in [5.41, 5.74) is 4.40. The lowest BCUT2D eigenvalue weighted by atomic mass is 10.0. The highest BCUT2D eigenvalue weighted by atomic mass is 32.2. The zero-order valence-electron chi connectivity index (χ0n) is 26.1. The van der Waals surface area contributed by atoms with Crippen LogP contribution in [-0.2, 0) is 22.9 Å². The Bertz CT molecular complexity index is 1690. The number of hydrogen-bond acceptors (Lipinski definition) is 8. The summed E-state index contributed by atoms with van der Waals surface area (Å²) >= 11 is 0. The van der Waals surface area contributed by atoms with Gasteiger partial charge in [-0.3, -0.25) is 14.1 Å². The molecule has 2 saturated heterocycles. The first-order valence-corrected chi connectivity index (χ1v) is 18.0. The number of halogens is 1. The average molecular weight is 632 g/mol. The lowest BCUT2D eigenvalue weighted by molar-refractivity contribution is 0.0808. The first-order valence-electron chi connectivity index (χ1n) is 16.1. The number of piperazine rings is 1. The number of fused-ring (bicyclic) bond motifs is 1. The van der Waals surface area contributed by atoms with Gasteiger partial charge in [-0.25, -0.2) is 22.8 Å². The Balaban J connectivity index is 1.03. The molecule has 0 bridgehead atoms. The number of nitrogens with one attached hydrogen (secondary N) is 1. The largest absolute Gasteiger partial charge is 0.369 e. The molecule has 45 heavy (non-hydrogen) atoms. The van der Waals surface area contributed by atoms with E-state index in [0.717, 1.165) is 61.9 Å². The molecule has 7 rings (SSSR count). The van der Waals surface area contributed by atoms with Gasteiger partial charge in [-0.15, -0.1) is 0 Å².